The van der Waals surface area contributed by atoms with Gasteiger partial charge in [-0.25, -0.2) is 0 Å². The SMILES string of the molecule is CC(N)C(O)(c1cc2ccccc2o1)C(F)(F)F. The summed E-state index contributed by atoms with van der Waals surface area (Å²) in [6, 6.07) is 6.04. The van der Waals surface area contributed by atoms with E-state index in [9.17, 15) is 18.3 Å². The number of fused-ring (bicyclic) bond motifs is 1. The summed E-state index contributed by atoms with van der Waals surface area (Å²) >= 11 is 0. The average Bonchev–Trinajstić information content (AvgIpc) is 2.69. The summed E-state index contributed by atoms with van der Waals surface area (Å²) in [4.78, 5) is 0. The van der Waals surface area contributed by atoms with Crippen LogP contribution >= 0.6 is 0 Å². The number of halogens is 3. The molecule has 3 N–H and O–H groups in total. The Balaban J connectivity index is 2.62. The molecule has 2 rings (SSSR count). The van der Waals surface area contributed by atoms with Crippen molar-refractivity contribution in [2.45, 2.75) is 24.7 Å². The van der Waals surface area contributed by atoms with Gasteiger partial charge >= 0.3 is 6.18 Å². The molecule has 98 valence electrons. The quantitative estimate of drug-likeness (QED) is 0.871. The third kappa shape index (κ3) is 1.77. The second-order valence-electron chi connectivity index (χ2n) is 4.20. The van der Waals surface area contributed by atoms with E-state index in [2.05, 4.69) is 0 Å². The van der Waals surface area contributed by atoms with E-state index in [1.165, 1.54) is 6.07 Å². The highest BCUT2D eigenvalue weighted by atomic mass is 19.4. The maximum Gasteiger partial charge on any atom is 0.426 e. The van der Waals surface area contributed by atoms with Crippen molar-refractivity contribution < 1.29 is 22.7 Å². The van der Waals surface area contributed by atoms with E-state index >= 15 is 0 Å². The van der Waals surface area contributed by atoms with Crippen LogP contribution in [0.2, 0.25) is 0 Å². The van der Waals surface area contributed by atoms with Crippen LogP contribution in [0.3, 0.4) is 0 Å². The summed E-state index contributed by atoms with van der Waals surface area (Å²) in [5.74, 6) is -0.591. The lowest BCUT2D eigenvalue weighted by molar-refractivity contribution is -0.278. The molecule has 0 spiro atoms. The molecule has 0 saturated heterocycles. The molecule has 1 aromatic heterocycles. The highest BCUT2D eigenvalue weighted by Gasteiger charge is 2.59. The molecule has 1 aromatic carbocycles. The van der Waals surface area contributed by atoms with Gasteiger partial charge in [0.25, 0.3) is 0 Å². The monoisotopic (exact) mass is 259 g/mol. The van der Waals surface area contributed by atoms with Gasteiger partial charge in [0.1, 0.15) is 11.3 Å². The van der Waals surface area contributed by atoms with Gasteiger partial charge < -0.3 is 15.3 Å². The first-order valence-electron chi connectivity index (χ1n) is 5.30. The van der Waals surface area contributed by atoms with Gasteiger partial charge in [0.15, 0.2) is 0 Å². The van der Waals surface area contributed by atoms with Crippen LogP contribution in [0.4, 0.5) is 13.2 Å². The Hall–Kier alpha value is -1.53. The number of benzene rings is 1. The van der Waals surface area contributed by atoms with Gasteiger partial charge in [0.2, 0.25) is 5.60 Å². The normalized spacial score (nSPS) is 17.7. The van der Waals surface area contributed by atoms with Crippen molar-refractivity contribution in [1.82, 2.24) is 0 Å². The maximum absolute atomic E-state index is 13.0. The molecule has 0 aliphatic rings. The van der Waals surface area contributed by atoms with Gasteiger partial charge in [-0.2, -0.15) is 13.2 Å². The molecular formula is C12H12F3NO2. The van der Waals surface area contributed by atoms with Crippen LogP contribution in [0, 0.1) is 0 Å². The molecule has 0 fully saturated rings. The Morgan fingerprint density at radius 3 is 2.39 bits per heavy atom. The Labute approximate surface area is 101 Å². The number of hydrogen-bond donors (Lipinski definition) is 2. The number of nitrogens with two attached hydrogens (primary N) is 1. The van der Waals surface area contributed by atoms with Crippen LogP contribution in [0.25, 0.3) is 11.0 Å². The first-order valence-corrected chi connectivity index (χ1v) is 5.30. The van der Waals surface area contributed by atoms with Gasteiger partial charge in [-0.1, -0.05) is 18.2 Å². The van der Waals surface area contributed by atoms with Gasteiger partial charge in [0.05, 0.1) is 0 Å². The van der Waals surface area contributed by atoms with Crippen LogP contribution in [0.5, 0.6) is 0 Å². The van der Waals surface area contributed by atoms with E-state index in [1.54, 1.807) is 18.2 Å². The number of para-hydroxylation sites is 1. The fourth-order valence-electron chi connectivity index (χ4n) is 1.79. The predicted molar refractivity (Wildman–Crippen MR) is 59.8 cm³/mol. The van der Waals surface area contributed by atoms with Gasteiger partial charge in [-0.05, 0) is 19.1 Å². The summed E-state index contributed by atoms with van der Waals surface area (Å²) in [6.07, 6.45) is -4.91. The maximum atomic E-state index is 13.0. The molecule has 0 aliphatic heterocycles. The summed E-state index contributed by atoms with van der Waals surface area (Å²) in [5.41, 5.74) is 2.37. The van der Waals surface area contributed by atoms with E-state index in [0.29, 0.717) is 5.39 Å². The summed E-state index contributed by atoms with van der Waals surface area (Å²) in [7, 11) is 0. The second-order valence-corrected chi connectivity index (χ2v) is 4.20. The zero-order valence-electron chi connectivity index (χ0n) is 9.53. The zero-order valence-corrected chi connectivity index (χ0v) is 9.53. The minimum atomic E-state index is -4.91. The molecule has 18 heavy (non-hydrogen) atoms. The van der Waals surface area contributed by atoms with Crippen LogP contribution in [-0.2, 0) is 5.60 Å². The molecule has 3 nitrogen and oxygen atoms in total. The fraction of sp³-hybridized carbons (Fsp3) is 0.333. The highest BCUT2D eigenvalue weighted by molar-refractivity contribution is 5.78. The Morgan fingerprint density at radius 2 is 1.89 bits per heavy atom. The molecule has 0 bridgehead atoms. The number of hydrogen-bond acceptors (Lipinski definition) is 3. The molecule has 1 heterocycles. The van der Waals surface area contributed by atoms with E-state index in [-0.39, 0.29) is 5.58 Å². The Bertz CT molecular complexity index is 529. The number of rotatable bonds is 2. The molecule has 0 saturated carbocycles. The lowest BCUT2D eigenvalue weighted by Crippen LogP contribution is -2.54. The Morgan fingerprint density at radius 1 is 1.28 bits per heavy atom. The second kappa shape index (κ2) is 4.00. The van der Waals surface area contributed by atoms with Crippen molar-refractivity contribution in [1.29, 1.82) is 0 Å². The Kier molecular flexibility index (Phi) is 2.87. The fourth-order valence-corrected chi connectivity index (χ4v) is 1.79. The van der Waals surface area contributed by atoms with Crippen LogP contribution < -0.4 is 5.73 Å². The third-order valence-corrected chi connectivity index (χ3v) is 2.89. The molecule has 0 aliphatic carbocycles. The molecule has 2 unspecified atom stereocenters. The molecule has 0 radical (unpaired) electrons. The van der Waals surface area contributed by atoms with E-state index in [1.807, 2.05) is 0 Å². The molecule has 0 amide bonds. The largest absolute Gasteiger partial charge is 0.458 e. The van der Waals surface area contributed by atoms with Crippen molar-refractivity contribution in [2.24, 2.45) is 5.73 Å². The molecule has 2 atom stereocenters. The van der Waals surface area contributed by atoms with Crippen molar-refractivity contribution >= 4 is 11.0 Å². The minimum absolute atomic E-state index is 0.274. The molecule has 6 heteroatoms. The van der Waals surface area contributed by atoms with Gasteiger partial charge in [-0.15, -0.1) is 0 Å². The van der Waals surface area contributed by atoms with E-state index < -0.39 is 23.6 Å². The topological polar surface area (TPSA) is 59.4 Å². The summed E-state index contributed by atoms with van der Waals surface area (Å²) < 4.78 is 44.0. The lowest BCUT2D eigenvalue weighted by atomic mass is 9.92. The molecule has 2 aromatic rings. The van der Waals surface area contributed by atoms with Crippen LogP contribution in [0.1, 0.15) is 12.7 Å². The van der Waals surface area contributed by atoms with Crippen molar-refractivity contribution in [2.75, 3.05) is 0 Å². The molecular weight excluding hydrogens is 247 g/mol. The van der Waals surface area contributed by atoms with Crippen molar-refractivity contribution in [3.8, 4) is 0 Å². The van der Waals surface area contributed by atoms with Gasteiger partial charge in [0, 0.05) is 11.4 Å². The predicted octanol–water partition coefficient (Wildman–Crippen LogP) is 2.53. The summed E-state index contributed by atoms with van der Waals surface area (Å²) in [6.45, 7) is 1.08. The smallest absolute Gasteiger partial charge is 0.426 e. The minimum Gasteiger partial charge on any atom is -0.458 e. The third-order valence-electron chi connectivity index (χ3n) is 2.89. The number of alkyl halides is 3. The lowest BCUT2D eigenvalue weighted by Gasteiger charge is -2.31. The highest BCUT2D eigenvalue weighted by Crippen LogP contribution is 2.42. The van der Waals surface area contributed by atoms with Crippen LogP contribution in [-0.4, -0.2) is 17.3 Å². The van der Waals surface area contributed by atoms with Crippen molar-refractivity contribution in [3.63, 3.8) is 0 Å². The summed E-state index contributed by atoms with van der Waals surface area (Å²) in [5, 5.41) is 10.3. The number of aliphatic hydroxyl groups is 1. The first-order chi connectivity index (χ1) is 8.26. The number of furan rings is 1. The first kappa shape index (κ1) is 12.9. The van der Waals surface area contributed by atoms with E-state index in [0.717, 1.165) is 13.0 Å². The van der Waals surface area contributed by atoms with Crippen LogP contribution in [0.15, 0.2) is 34.7 Å². The van der Waals surface area contributed by atoms with E-state index in [4.69, 9.17) is 10.2 Å². The standard InChI is InChI=1S/C12H12F3NO2/c1-7(16)11(17,12(13,14)15)10-6-8-4-2-3-5-9(8)18-10/h2-7,17H,16H2,1H3. The van der Waals surface area contributed by atoms with Crippen molar-refractivity contribution in [3.05, 3.63) is 36.1 Å². The van der Waals surface area contributed by atoms with Gasteiger partial charge in [-0.3, -0.25) is 0 Å². The zero-order chi connectivity index (χ0) is 13.6. The average molecular weight is 259 g/mol.